The molecule has 0 aromatic heterocycles. The molecule has 0 bridgehead atoms. The van der Waals surface area contributed by atoms with Crippen LogP contribution < -0.4 is 5.32 Å². The Labute approximate surface area is 110 Å². The summed E-state index contributed by atoms with van der Waals surface area (Å²) in [5, 5.41) is 3.41. The van der Waals surface area contributed by atoms with Gasteiger partial charge in [-0.3, -0.25) is 4.90 Å². The molecular weight excluding hydrogens is 232 g/mol. The zero-order chi connectivity index (χ0) is 13.0. The van der Waals surface area contributed by atoms with E-state index in [-0.39, 0.29) is 12.2 Å². The van der Waals surface area contributed by atoms with Crippen LogP contribution >= 0.6 is 0 Å². The molecule has 5 nitrogen and oxygen atoms in total. The number of rotatable bonds is 5. The minimum Gasteiger partial charge on any atom is -0.381 e. The molecule has 2 rings (SSSR count). The van der Waals surface area contributed by atoms with Crippen LogP contribution in [-0.4, -0.2) is 77.3 Å². The van der Waals surface area contributed by atoms with Crippen molar-refractivity contribution in [3.05, 3.63) is 0 Å². The van der Waals surface area contributed by atoms with Crippen molar-refractivity contribution in [2.75, 3.05) is 54.1 Å². The topological polar surface area (TPSA) is 43.0 Å². The highest BCUT2D eigenvalue weighted by molar-refractivity contribution is 4.89. The minimum atomic E-state index is 0.201. The normalized spacial score (nSPS) is 38.2. The highest BCUT2D eigenvalue weighted by Crippen LogP contribution is 2.21. The van der Waals surface area contributed by atoms with Crippen molar-refractivity contribution in [1.82, 2.24) is 10.2 Å². The first kappa shape index (κ1) is 14.2. The molecule has 0 saturated carbocycles. The third-order valence-electron chi connectivity index (χ3n) is 4.23. The van der Waals surface area contributed by atoms with Crippen LogP contribution in [-0.2, 0) is 14.2 Å². The molecule has 0 aliphatic carbocycles. The summed E-state index contributed by atoms with van der Waals surface area (Å²) in [6.07, 6.45) is 1.51. The van der Waals surface area contributed by atoms with Gasteiger partial charge < -0.3 is 19.5 Å². The van der Waals surface area contributed by atoms with Crippen LogP contribution in [0.3, 0.4) is 0 Å². The van der Waals surface area contributed by atoms with Gasteiger partial charge in [0, 0.05) is 52.4 Å². The Morgan fingerprint density at radius 1 is 1.22 bits per heavy atom. The number of ether oxygens (including phenoxy) is 3. The fourth-order valence-corrected chi connectivity index (χ4v) is 3.11. The molecule has 1 N–H and O–H groups in total. The molecule has 2 saturated heterocycles. The molecule has 18 heavy (non-hydrogen) atoms. The lowest BCUT2D eigenvalue weighted by Gasteiger charge is -2.34. The van der Waals surface area contributed by atoms with Crippen molar-refractivity contribution in [3.63, 3.8) is 0 Å². The van der Waals surface area contributed by atoms with E-state index in [4.69, 9.17) is 14.2 Å². The Morgan fingerprint density at radius 2 is 1.89 bits per heavy atom. The Hall–Kier alpha value is -0.200. The van der Waals surface area contributed by atoms with Crippen LogP contribution in [0, 0.1) is 5.92 Å². The van der Waals surface area contributed by atoms with Gasteiger partial charge in [-0.2, -0.15) is 0 Å². The molecule has 4 atom stereocenters. The molecule has 5 heteroatoms. The summed E-state index contributed by atoms with van der Waals surface area (Å²) in [7, 11) is 5.57. The lowest BCUT2D eigenvalue weighted by atomic mass is 9.95. The number of methoxy groups -OCH3 is 2. The lowest BCUT2D eigenvalue weighted by Crippen LogP contribution is -2.46. The smallest absolute Gasteiger partial charge is 0.0971 e. The lowest BCUT2D eigenvalue weighted by molar-refractivity contribution is -0.00461. The molecule has 2 heterocycles. The van der Waals surface area contributed by atoms with Crippen molar-refractivity contribution in [2.24, 2.45) is 5.92 Å². The summed E-state index contributed by atoms with van der Waals surface area (Å²) in [5.41, 5.74) is 0. The molecule has 0 spiro atoms. The first-order valence-electron chi connectivity index (χ1n) is 6.81. The van der Waals surface area contributed by atoms with E-state index in [9.17, 15) is 0 Å². The fourth-order valence-electron chi connectivity index (χ4n) is 3.11. The van der Waals surface area contributed by atoms with Gasteiger partial charge >= 0.3 is 0 Å². The predicted octanol–water partition coefficient (Wildman–Crippen LogP) is -0.0435. The zero-order valence-corrected chi connectivity index (χ0v) is 11.7. The first-order chi connectivity index (χ1) is 8.78. The number of hydrogen-bond donors (Lipinski definition) is 1. The van der Waals surface area contributed by atoms with Crippen LogP contribution in [0.15, 0.2) is 0 Å². The van der Waals surface area contributed by atoms with Crippen LogP contribution in [0.5, 0.6) is 0 Å². The first-order valence-corrected chi connectivity index (χ1v) is 6.81. The number of nitrogens with one attached hydrogen (secondary N) is 1. The van der Waals surface area contributed by atoms with Crippen LogP contribution in [0.1, 0.15) is 6.42 Å². The van der Waals surface area contributed by atoms with Gasteiger partial charge in [0.15, 0.2) is 0 Å². The van der Waals surface area contributed by atoms with E-state index in [2.05, 4.69) is 10.2 Å². The average molecular weight is 258 g/mol. The van der Waals surface area contributed by atoms with Gasteiger partial charge in [-0.25, -0.2) is 0 Å². The quantitative estimate of drug-likeness (QED) is 0.749. The molecule has 2 aliphatic rings. The van der Waals surface area contributed by atoms with Gasteiger partial charge in [0.05, 0.1) is 18.8 Å². The van der Waals surface area contributed by atoms with Gasteiger partial charge in [0.2, 0.25) is 0 Å². The molecule has 0 radical (unpaired) electrons. The van der Waals surface area contributed by atoms with Gasteiger partial charge in [0.1, 0.15) is 0 Å². The Morgan fingerprint density at radius 3 is 2.44 bits per heavy atom. The third kappa shape index (κ3) is 3.22. The average Bonchev–Trinajstić information content (AvgIpc) is 2.81. The van der Waals surface area contributed by atoms with E-state index in [0.29, 0.717) is 12.0 Å². The summed E-state index contributed by atoms with van der Waals surface area (Å²) in [5.74, 6) is 0.567. The predicted molar refractivity (Wildman–Crippen MR) is 69.8 cm³/mol. The van der Waals surface area contributed by atoms with E-state index in [0.717, 1.165) is 39.3 Å². The summed E-state index contributed by atoms with van der Waals surface area (Å²) >= 11 is 0. The molecule has 0 aromatic rings. The molecule has 4 unspecified atom stereocenters. The highest BCUT2D eigenvalue weighted by Gasteiger charge is 2.35. The van der Waals surface area contributed by atoms with E-state index < -0.39 is 0 Å². The standard InChI is InChI=1S/C13H26N2O3/c1-14-11-4-5-18-9-10(11)6-15-7-12(16-2)13(8-15)17-3/h10-14H,4-9H2,1-3H3. The maximum Gasteiger partial charge on any atom is 0.0971 e. The molecule has 106 valence electrons. The summed E-state index contributed by atoms with van der Waals surface area (Å²) in [6.45, 7) is 4.72. The van der Waals surface area contributed by atoms with Gasteiger partial charge in [-0.1, -0.05) is 0 Å². The molecular formula is C13H26N2O3. The number of likely N-dealkylation sites (tertiary alicyclic amines) is 1. The minimum absolute atomic E-state index is 0.201. The maximum atomic E-state index is 5.60. The van der Waals surface area contributed by atoms with E-state index in [1.807, 2.05) is 7.05 Å². The Balaban J connectivity index is 1.85. The number of hydrogen-bond acceptors (Lipinski definition) is 5. The van der Waals surface area contributed by atoms with Gasteiger partial charge in [-0.15, -0.1) is 0 Å². The summed E-state index contributed by atoms with van der Waals surface area (Å²) < 4.78 is 16.5. The van der Waals surface area contributed by atoms with Crippen molar-refractivity contribution in [1.29, 1.82) is 0 Å². The Bertz CT molecular complexity index is 240. The Kier molecular flexibility index (Phi) is 5.38. The molecule has 0 aromatic carbocycles. The maximum absolute atomic E-state index is 5.60. The van der Waals surface area contributed by atoms with Crippen LogP contribution in [0.2, 0.25) is 0 Å². The van der Waals surface area contributed by atoms with Crippen LogP contribution in [0.25, 0.3) is 0 Å². The zero-order valence-electron chi connectivity index (χ0n) is 11.7. The number of nitrogens with zero attached hydrogens (tertiary/aromatic N) is 1. The van der Waals surface area contributed by atoms with E-state index >= 15 is 0 Å². The van der Waals surface area contributed by atoms with E-state index in [1.165, 1.54) is 0 Å². The second kappa shape index (κ2) is 6.82. The highest BCUT2D eigenvalue weighted by atomic mass is 16.5. The summed E-state index contributed by atoms with van der Waals surface area (Å²) in [4.78, 5) is 2.44. The second-order valence-electron chi connectivity index (χ2n) is 5.29. The monoisotopic (exact) mass is 258 g/mol. The van der Waals surface area contributed by atoms with Gasteiger partial charge in [-0.05, 0) is 13.5 Å². The van der Waals surface area contributed by atoms with Crippen molar-refractivity contribution < 1.29 is 14.2 Å². The largest absolute Gasteiger partial charge is 0.381 e. The molecule has 0 amide bonds. The van der Waals surface area contributed by atoms with Gasteiger partial charge in [0.25, 0.3) is 0 Å². The third-order valence-corrected chi connectivity index (χ3v) is 4.23. The summed E-state index contributed by atoms with van der Waals surface area (Å²) in [6, 6.07) is 0.571. The van der Waals surface area contributed by atoms with Crippen molar-refractivity contribution in [2.45, 2.75) is 24.7 Å². The second-order valence-corrected chi connectivity index (χ2v) is 5.29. The SMILES string of the molecule is CNC1CCOCC1CN1CC(OC)C(OC)C1. The fraction of sp³-hybridized carbons (Fsp3) is 1.00. The van der Waals surface area contributed by atoms with E-state index in [1.54, 1.807) is 14.2 Å². The molecule has 2 aliphatic heterocycles. The van der Waals surface area contributed by atoms with Crippen LogP contribution in [0.4, 0.5) is 0 Å². The van der Waals surface area contributed by atoms with Crippen molar-refractivity contribution in [3.8, 4) is 0 Å². The van der Waals surface area contributed by atoms with Crippen molar-refractivity contribution >= 4 is 0 Å². The molecule has 2 fully saturated rings.